The first-order chi connectivity index (χ1) is 8.86. The molecule has 0 radical (unpaired) electrons. The van der Waals surface area contributed by atoms with E-state index in [1.54, 1.807) is 13.8 Å². The standard InChI is InChI=1S/C14H28N4O/c1-6-17(7-2)8-9-18-11-13(10-15-18)16-12(3)14(4,5)19/h10-12,16,19H,6-9H2,1-5H3. The van der Waals surface area contributed by atoms with Gasteiger partial charge < -0.3 is 15.3 Å². The molecule has 0 aromatic carbocycles. The smallest absolute Gasteiger partial charge is 0.0789 e. The molecule has 0 saturated heterocycles. The number of aromatic nitrogens is 2. The Kier molecular flexibility index (Phi) is 5.82. The Morgan fingerprint density at radius 3 is 2.58 bits per heavy atom. The summed E-state index contributed by atoms with van der Waals surface area (Å²) in [7, 11) is 0. The molecule has 0 spiro atoms. The Hall–Kier alpha value is -1.07. The van der Waals surface area contributed by atoms with Gasteiger partial charge in [0.2, 0.25) is 0 Å². The molecule has 2 N–H and O–H groups in total. The summed E-state index contributed by atoms with van der Waals surface area (Å²) in [6.07, 6.45) is 3.80. The van der Waals surface area contributed by atoms with E-state index in [1.807, 2.05) is 24.0 Å². The topological polar surface area (TPSA) is 53.3 Å². The Morgan fingerprint density at radius 2 is 2.05 bits per heavy atom. The van der Waals surface area contributed by atoms with Gasteiger partial charge in [0.05, 0.1) is 30.1 Å². The highest BCUT2D eigenvalue weighted by Gasteiger charge is 2.22. The fraction of sp³-hybridized carbons (Fsp3) is 0.786. The lowest BCUT2D eigenvalue weighted by Crippen LogP contribution is -2.39. The summed E-state index contributed by atoms with van der Waals surface area (Å²) in [6.45, 7) is 13.9. The molecule has 5 nitrogen and oxygen atoms in total. The maximum atomic E-state index is 9.90. The minimum Gasteiger partial charge on any atom is -0.388 e. The number of aliphatic hydroxyl groups is 1. The molecule has 0 aliphatic rings. The number of nitrogens with one attached hydrogen (secondary N) is 1. The first-order valence-electron chi connectivity index (χ1n) is 7.10. The highest BCUT2D eigenvalue weighted by atomic mass is 16.3. The zero-order valence-electron chi connectivity index (χ0n) is 12.8. The molecule has 1 rings (SSSR count). The number of likely N-dealkylation sites (N-methyl/N-ethyl adjacent to an activating group) is 1. The van der Waals surface area contributed by atoms with Gasteiger partial charge in [-0.3, -0.25) is 4.68 Å². The summed E-state index contributed by atoms with van der Waals surface area (Å²) in [5.74, 6) is 0. The van der Waals surface area contributed by atoms with Gasteiger partial charge in [0.25, 0.3) is 0 Å². The Balaban J connectivity index is 2.48. The van der Waals surface area contributed by atoms with E-state index in [0.29, 0.717) is 0 Å². The molecule has 1 aromatic rings. The van der Waals surface area contributed by atoms with Gasteiger partial charge in [-0.1, -0.05) is 13.8 Å². The average molecular weight is 268 g/mol. The van der Waals surface area contributed by atoms with Crippen LogP contribution in [0, 0.1) is 0 Å². The quantitative estimate of drug-likeness (QED) is 0.755. The molecule has 1 heterocycles. The van der Waals surface area contributed by atoms with Crippen molar-refractivity contribution >= 4 is 5.69 Å². The van der Waals surface area contributed by atoms with Crippen LogP contribution in [-0.2, 0) is 6.54 Å². The van der Waals surface area contributed by atoms with Gasteiger partial charge >= 0.3 is 0 Å². The molecule has 0 bridgehead atoms. The van der Waals surface area contributed by atoms with Crippen LogP contribution in [0.15, 0.2) is 12.4 Å². The van der Waals surface area contributed by atoms with E-state index in [4.69, 9.17) is 0 Å². The summed E-state index contributed by atoms with van der Waals surface area (Å²) in [5.41, 5.74) is 0.206. The fourth-order valence-corrected chi connectivity index (χ4v) is 1.77. The van der Waals surface area contributed by atoms with E-state index in [9.17, 15) is 5.11 Å². The van der Waals surface area contributed by atoms with E-state index < -0.39 is 5.60 Å². The van der Waals surface area contributed by atoms with Crippen molar-refractivity contribution in [2.75, 3.05) is 25.0 Å². The van der Waals surface area contributed by atoms with Crippen LogP contribution in [0.4, 0.5) is 5.69 Å². The van der Waals surface area contributed by atoms with Gasteiger partial charge in [-0.2, -0.15) is 5.10 Å². The van der Waals surface area contributed by atoms with E-state index in [1.165, 1.54) is 0 Å². The van der Waals surface area contributed by atoms with Crippen molar-refractivity contribution in [3.05, 3.63) is 12.4 Å². The molecule has 19 heavy (non-hydrogen) atoms. The lowest BCUT2D eigenvalue weighted by atomic mass is 10.0. The first-order valence-corrected chi connectivity index (χ1v) is 7.10. The SMILES string of the molecule is CCN(CC)CCn1cc(NC(C)C(C)(C)O)cn1. The zero-order valence-corrected chi connectivity index (χ0v) is 12.8. The molecular weight excluding hydrogens is 240 g/mol. The summed E-state index contributed by atoms with van der Waals surface area (Å²) in [4.78, 5) is 2.37. The lowest BCUT2D eigenvalue weighted by molar-refractivity contribution is 0.0649. The first kappa shape index (κ1) is 16.0. The minimum absolute atomic E-state index is 0.0204. The third-order valence-electron chi connectivity index (χ3n) is 3.62. The van der Waals surface area contributed by atoms with Crippen molar-refractivity contribution < 1.29 is 5.11 Å². The lowest BCUT2D eigenvalue weighted by Gasteiger charge is -2.26. The predicted octanol–water partition coefficient (Wildman–Crippen LogP) is 1.80. The molecule has 0 amide bonds. The molecule has 1 aromatic heterocycles. The Morgan fingerprint density at radius 1 is 1.42 bits per heavy atom. The summed E-state index contributed by atoms with van der Waals surface area (Å²) in [6, 6.07) is -0.0204. The number of nitrogens with zero attached hydrogens (tertiary/aromatic N) is 3. The maximum absolute atomic E-state index is 9.90. The highest BCUT2D eigenvalue weighted by molar-refractivity contribution is 5.39. The second kappa shape index (κ2) is 6.91. The van der Waals surface area contributed by atoms with Gasteiger partial charge in [-0.25, -0.2) is 0 Å². The zero-order chi connectivity index (χ0) is 14.5. The van der Waals surface area contributed by atoms with Crippen LogP contribution in [0.2, 0.25) is 0 Å². The van der Waals surface area contributed by atoms with Gasteiger partial charge in [-0.15, -0.1) is 0 Å². The van der Waals surface area contributed by atoms with Crippen LogP contribution in [0.3, 0.4) is 0 Å². The van der Waals surface area contributed by atoms with Crippen LogP contribution >= 0.6 is 0 Å². The highest BCUT2D eigenvalue weighted by Crippen LogP contribution is 2.14. The van der Waals surface area contributed by atoms with Crippen LogP contribution < -0.4 is 5.32 Å². The van der Waals surface area contributed by atoms with Gasteiger partial charge in [0.15, 0.2) is 0 Å². The largest absolute Gasteiger partial charge is 0.388 e. The summed E-state index contributed by atoms with van der Waals surface area (Å²) < 4.78 is 1.94. The third-order valence-corrected chi connectivity index (χ3v) is 3.62. The minimum atomic E-state index is -0.747. The molecule has 0 aliphatic carbocycles. The number of hydrogen-bond donors (Lipinski definition) is 2. The van der Waals surface area contributed by atoms with E-state index in [-0.39, 0.29) is 6.04 Å². The van der Waals surface area contributed by atoms with Crippen LogP contribution in [-0.4, -0.2) is 51.1 Å². The van der Waals surface area contributed by atoms with Crippen molar-refractivity contribution in [1.82, 2.24) is 14.7 Å². The third kappa shape index (κ3) is 5.20. The maximum Gasteiger partial charge on any atom is 0.0789 e. The molecule has 0 aliphatic heterocycles. The number of rotatable bonds is 8. The van der Waals surface area contributed by atoms with Crippen LogP contribution in [0.1, 0.15) is 34.6 Å². The van der Waals surface area contributed by atoms with E-state index in [0.717, 1.165) is 31.9 Å². The molecule has 110 valence electrons. The number of hydrogen-bond acceptors (Lipinski definition) is 4. The Bertz CT molecular complexity index is 366. The van der Waals surface area contributed by atoms with Gasteiger partial charge in [0, 0.05) is 12.7 Å². The predicted molar refractivity (Wildman–Crippen MR) is 79.4 cm³/mol. The Labute approximate surface area is 116 Å². The molecule has 0 fully saturated rings. The van der Waals surface area contributed by atoms with Crippen molar-refractivity contribution in [3.63, 3.8) is 0 Å². The second-order valence-corrected chi connectivity index (χ2v) is 5.54. The van der Waals surface area contributed by atoms with E-state index in [2.05, 4.69) is 29.2 Å². The molecule has 0 saturated carbocycles. The summed E-state index contributed by atoms with van der Waals surface area (Å²) >= 11 is 0. The van der Waals surface area contributed by atoms with Gasteiger partial charge in [-0.05, 0) is 33.9 Å². The normalized spacial score (nSPS) is 13.8. The van der Waals surface area contributed by atoms with Crippen LogP contribution in [0.5, 0.6) is 0 Å². The fourth-order valence-electron chi connectivity index (χ4n) is 1.77. The van der Waals surface area contributed by atoms with Gasteiger partial charge in [0.1, 0.15) is 0 Å². The average Bonchev–Trinajstić information content (AvgIpc) is 2.77. The molecule has 5 heteroatoms. The van der Waals surface area contributed by atoms with Crippen molar-refractivity contribution in [3.8, 4) is 0 Å². The molecular formula is C14H28N4O. The van der Waals surface area contributed by atoms with E-state index >= 15 is 0 Å². The van der Waals surface area contributed by atoms with Crippen molar-refractivity contribution in [1.29, 1.82) is 0 Å². The molecule has 1 atom stereocenters. The second-order valence-electron chi connectivity index (χ2n) is 5.54. The number of anilines is 1. The molecule has 1 unspecified atom stereocenters. The summed E-state index contributed by atoms with van der Waals surface area (Å²) in [5, 5.41) is 17.5. The monoisotopic (exact) mass is 268 g/mol. The van der Waals surface area contributed by atoms with Crippen molar-refractivity contribution in [2.45, 2.75) is 52.8 Å². The van der Waals surface area contributed by atoms with Crippen LogP contribution in [0.25, 0.3) is 0 Å². The van der Waals surface area contributed by atoms with Crippen molar-refractivity contribution in [2.24, 2.45) is 0 Å².